The Bertz CT molecular complexity index is 1040. The van der Waals surface area contributed by atoms with E-state index in [2.05, 4.69) is 4.40 Å². The number of sulfonamides is 1. The van der Waals surface area contributed by atoms with Gasteiger partial charge in [-0.15, -0.1) is 4.40 Å². The van der Waals surface area contributed by atoms with Gasteiger partial charge in [0.1, 0.15) is 0 Å². The fraction of sp³-hybridized carbons (Fsp3) is 0.133. The molecule has 2 aromatic carbocycles. The van der Waals surface area contributed by atoms with Crippen LogP contribution in [0.2, 0.25) is 10.0 Å². The normalized spacial score (nSPS) is 12.9. The number of rotatable bonds is 3. The highest BCUT2D eigenvalue weighted by molar-refractivity contribution is 7.90. The first-order valence-corrected chi connectivity index (χ1v) is 9.77. The summed E-state index contributed by atoms with van der Waals surface area (Å²) in [6, 6.07) is 11.4. The lowest BCUT2D eigenvalue weighted by molar-refractivity contribution is 0.595. The van der Waals surface area contributed by atoms with Crippen molar-refractivity contribution in [3.8, 4) is 0 Å². The van der Waals surface area contributed by atoms with Crippen molar-refractivity contribution in [2.24, 2.45) is 4.40 Å². The molecule has 1 aromatic heterocycles. The van der Waals surface area contributed by atoms with Gasteiger partial charge in [-0.3, -0.25) is 0 Å². The van der Waals surface area contributed by atoms with Gasteiger partial charge in [0.15, 0.2) is 0 Å². The maximum absolute atomic E-state index is 12.5. The maximum Gasteiger partial charge on any atom is 0.285 e. The van der Waals surface area contributed by atoms with E-state index in [1.165, 1.54) is 35.6 Å². The molecule has 0 saturated heterocycles. The fourth-order valence-electron chi connectivity index (χ4n) is 2.18. The second kappa shape index (κ2) is 6.28. The van der Waals surface area contributed by atoms with Crippen molar-refractivity contribution in [3.63, 3.8) is 0 Å². The largest absolute Gasteiger partial charge is 0.316 e. The molecule has 4 nitrogen and oxygen atoms in total. The van der Waals surface area contributed by atoms with E-state index in [0.717, 1.165) is 10.2 Å². The summed E-state index contributed by atoms with van der Waals surface area (Å²) in [6.45, 7) is 2.55. The molecular weight excluding hydrogens is 375 g/mol. The summed E-state index contributed by atoms with van der Waals surface area (Å²) in [6.07, 6.45) is 0. The van der Waals surface area contributed by atoms with E-state index in [4.69, 9.17) is 23.2 Å². The second-order valence-electron chi connectivity index (χ2n) is 4.76. The first-order valence-electron chi connectivity index (χ1n) is 6.76. The van der Waals surface area contributed by atoms with Gasteiger partial charge in [0.2, 0.25) is 4.80 Å². The van der Waals surface area contributed by atoms with Crippen molar-refractivity contribution in [1.29, 1.82) is 0 Å². The van der Waals surface area contributed by atoms with Gasteiger partial charge in [0, 0.05) is 16.6 Å². The first-order chi connectivity index (χ1) is 10.9. The standard InChI is InChI=1S/C15H12Cl2N2O2S2/c1-2-19-13-8-5-11(17)9-14(13)22-15(19)18-23(20,21)12-6-3-10(16)4-7-12/h3-9H,2H2,1H3. The summed E-state index contributed by atoms with van der Waals surface area (Å²) in [4.78, 5) is 0.528. The molecule has 3 rings (SSSR count). The quantitative estimate of drug-likeness (QED) is 0.672. The third-order valence-corrected chi connectivity index (χ3v) is 6.20. The molecule has 3 aromatic rings. The van der Waals surface area contributed by atoms with Crippen LogP contribution < -0.4 is 4.80 Å². The number of hydrogen-bond acceptors (Lipinski definition) is 3. The van der Waals surface area contributed by atoms with Crippen molar-refractivity contribution >= 4 is 54.8 Å². The van der Waals surface area contributed by atoms with E-state index in [9.17, 15) is 8.42 Å². The SMILES string of the molecule is CCn1c(=NS(=O)(=O)c2ccc(Cl)cc2)sc2cc(Cl)ccc21. The van der Waals surface area contributed by atoms with Crippen molar-refractivity contribution in [3.05, 3.63) is 57.3 Å². The Morgan fingerprint density at radius 3 is 2.39 bits per heavy atom. The van der Waals surface area contributed by atoms with Gasteiger partial charge in [-0.2, -0.15) is 8.42 Å². The van der Waals surface area contributed by atoms with Crippen LogP contribution in [0.1, 0.15) is 6.92 Å². The summed E-state index contributed by atoms with van der Waals surface area (Å²) in [5.41, 5.74) is 0.909. The van der Waals surface area contributed by atoms with Gasteiger partial charge < -0.3 is 4.57 Å². The van der Waals surface area contributed by atoms with E-state index in [1.807, 2.05) is 23.6 Å². The Morgan fingerprint density at radius 2 is 1.74 bits per heavy atom. The van der Waals surface area contributed by atoms with Crippen molar-refractivity contribution in [2.75, 3.05) is 0 Å². The minimum atomic E-state index is -3.80. The highest BCUT2D eigenvalue weighted by Crippen LogP contribution is 2.22. The summed E-state index contributed by atoms with van der Waals surface area (Å²) in [7, 11) is -3.80. The molecule has 0 N–H and O–H groups in total. The highest BCUT2D eigenvalue weighted by Gasteiger charge is 2.14. The molecule has 0 atom stereocenters. The van der Waals surface area contributed by atoms with Crippen molar-refractivity contribution < 1.29 is 8.42 Å². The molecule has 0 bridgehead atoms. The number of nitrogens with zero attached hydrogens (tertiary/aromatic N) is 2. The third-order valence-electron chi connectivity index (χ3n) is 3.27. The zero-order chi connectivity index (χ0) is 16.6. The Balaban J connectivity index is 2.22. The number of aryl methyl sites for hydroxylation is 1. The number of halogens is 2. The van der Waals surface area contributed by atoms with Gasteiger partial charge in [0.05, 0.1) is 15.1 Å². The lowest BCUT2D eigenvalue weighted by Gasteiger charge is -2.01. The zero-order valence-electron chi connectivity index (χ0n) is 12.0. The summed E-state index contributed by atoms with van der Waals surface area (Å²) in [5.74, 6) is 0. The highest BCUT2D eigenvalue weighted by atomic mass is 35.5. The van der Waals surface area contributed by atoms with Crippen molar-refractivity contribution in [1.82, 2.24) is 4.57 Å². The van der Waals surface area contributed by atoms with E-state index in [1.54, 1.807) is 6.07 Å². The lowest BCUT2D eigenvalue weighted by atomic mass is 10.3. The molecule has 0 unspecified atom stereocenters. The molecule has 0 amide bonds. The topological polar surface area (TPSA) is 51.4 Å². The van der Waals surface area contributed by atoms with Crippen molar-refractivity contribution in [2.45, 2.75) is 18.4 Å². The second-order valence-corrected chi connectivity index (χ2v) is 8.25. The predicted molar refractivity (Wildman–Crippen MR) is 94.7 cm³/mol. The molecular formula is C15H12Cl2N2O2S2. The Kier molecular flexibility index (Phi) is 4.51. The van der Waals surface area contributed by atoms with Gasteiger partial charge in [-0.05, 0) is 49.4 Å². The van der Waals surface area contributed by atoms with Crippen LogP contribution in [0, 0.1) is 0 Å². The van der Waals surface area contributed by atoms with Gasteiger partial charge in [0.25, 0.3) is 10.0 Å². The molecule has 8 heteroatoms. The molecule has 120 valence electrons. The number of benzene rings is 2. The molecule has 0 saturated carbocycles. The summed E-state index contributed by atoms with van der Waals surface area (Å²) in [5, 5.41) is 1.08. The maximum atomic E-state index is 12.5. The molecule has 1 heterocycles. The number of hydrogen-bond donors (Lipinski definition) is 0. The summed E-state index contributed by atoms with van der Waals surface area (Å²) >= 11 is 13.1. The van der Waals surface area contributed by atoms with Crippen LogP contribution in [0.15, 0.2) is 51.8 Å². The number of aromatic nitrogens is 1. The van der Waals surface area contributed by atoms with Crippen LogP contribution in [0.4, 0.5) is 0 Å². The average Bonchev–Trinajstić information content (AvgIpc) is 2.82. The molecule has 0 radical (unpaired) electrons. The molecule has 0 fully saturated rings. The zero-order valence-corrected chi connectivity index (χ0v) is 15.2. The molecule has 0 aliphatic carbocycles. The van der Waals surface area contributed by atoms with Crippen LogP contribution >= 0.6 is 34.5 Å². The minimum absolute atomic E-state index is 0.111. The Hall–Kier alpha value is -1.34. The lowest BCUT2D eigenvalue weighted by Crippen LogP contribution is -2.16. The summed E-state index contributed by atoms with van der Waals surface area (Å²) < 4.78 is 31.7. The van der Waals surface area contributed by atoms with Crippen LogP contribution in [-0.4, -0.2) is 13.0 Å². The number of thiazole rings is 1. The van der Waals surface area contributed by atoms with Crippen LogP contribution in [-0.2, 0) is 16.6 Å². The molecule has 0 aliphatic heterocycles. The predicted octanol–water partition coefficient (Wildman–Crippen LogP) is 4.32. The van der Waals surface area contributed by atoms with E-state index >= 15 is 0 Å². The molecule has 23 heavy (non-hydrogen) atoms. The average molecular weight is 387 g/mol. The van der Waals surface area contributed by atoms with E-state index < -0.39 is 10.0 Å². The fourth-order valence-corrected chi connectivity index (χ4v) is 4.88. The van der Waals surface area contributed by atoms with E-state index in [0.29, 0.717) is 21.4 Å². The number of fused-ring (bicyclic) bond motifs is 1. The van der Waals surface area contributed by atoms with Crippen LogP contribution in [0.5, 0.6) is 0 Å². The van der Waals surface area contributed by atoms with Crippen LogP contribution in [0.3, 0.4) is 0 Å². The first kappa shape index (κ1) is 16.5. The monoisotopic (exact) mass is 386 g/mol. The minimum Gasteiger partial charge on any atom is -0.316 e. The van der Waals surface area contributed by atoms with Crippen LogP contribution in [0.25, 0.3) is 10.2 Å². The Morgan fingerprint density at radius 1 is 1.09 bits per heavy atom. The Labute approximate surface area is 147 Å². The van der Waals surface area contributed by atoms with E-state index in [-0.39, 0.29) is 4.90 Å². The van der Waals surface area contributed by atoms with Gasteiger partial charge in [-0.25, -0.2) is 0 Å². The third kappa shape index (κ3) is 3.30. The molecule has 0 spiro atoms. The molecule has 0 aliphatic rings. The smallest absolute Gasteiger partial charge is 0.285 e. The van der Waals surface area contributed by atoms with Gasteiger partial charge in [-0.1, -0.05) is 34.5 Å². The van der Waals surface area contributed by atoms with Gasteiger partial charge >= 0.3 is 0 Å².